The van der Waals surface area contributed by atoms with Gasteiger partial charge < -0.3 is 23.7 Å². The molecule has 5 nitrogen and oxygen atoms in total. The molecule has 0 aliphatic carbocycles. The van der Waals surface area contributed by atoms with Crippen LogP contribution in [0.4, 0.5) is 0 Å². The Balaban J connectivity index is 1.51. The monoisotopic (exact) mass is 488 g/mol. The Labute approximate surface area is 214 Å². The molecule has 1 aliphatic rings. The number of rotatable bonds is 13. The second-order valence-electron chi connectivity index (χ2n) is 8.99. The molecule has 0 aromatic heterocycles. The summed E-state index contributed by atoms with van der Waals surface area (Å²) in [6.45, 7) is 5.85. The van der Waals surface area contributed by atoms with Gasteiger partial charge in [0.2, 0.25) is 0 Å². The predicted octanol–water partition coefficient (Wildman–Crippen LogP) is 5.94. The normalized spacial score (nSPS) is 23.9. The van der Waals surface area contributed by atoms with E-state index >= 15 is 0 Å². The predicted molar refractivity (Wildman–Crippen MR) is 140 cm³/mol. The smallest absolute Gasteiger partial charge is 0.186 e. The third kappa shape index (κ3) is 7.36. The SMILES string of the molecule is C=CC[C@H]1[C@H](OCc2ccccc2)[C@H](OCc2ccccc2)[C@@H](OC)O[C@@H]1COCc1ccccc1. The van der Waals surface area contributed by atoms with Gasteiger partial charge in [0.15, 0.2) is 6.29 Å². The van der Waals surface area contributed by atoms with Crippen LogP contribution < -0.4 is 0 Å². The summed E-state index contributed by atoms with van der Waals surface area (Å²) >= 11 is 0. The van der Waals surface area contributed by atoms with Crippen molar-refractivity contribution in [3.8, 4) is 0 Å². The Bertz CT molecular complexity index is 1010. The minimum Gasteiger partial charge on any atom is -0.374 e. The van der Waals surface area contributed by atoms with Crippen LogP contribution in [0.2, 0.25) is 0 Å². The number of hydrogen-bond acceptors (Lipinski definition) is 5. The summed E-state index contributed by atoms with van der Waals surface area (Å²) in [5.74, 6) is -0.00541. The molecule has 0 spiro atoms. The van der Waals surface area contributed by atoms with E-state index in [-0.39, 0.29) is 18.1 Å². The van der Waals surface area contributed by atoms with Crippen LogP contribution in [0.25, 0.3) is 0 Å². The van der Waals surface area contributed by atoms with Gasteiger partial charge >= 0.3 is 0 Å². The summed E-state index contributed by atoms with van der Waals surface area (Å²) < 4.78 is 31.3. The van der Waals surface area contributed by atoms with Crippen molar-refractivity contribution in [2.24, 2.45) is 5.92 Å². The van der Waals surface area contributed by atoms with Gasteiger partial charge in [-0.2, -0.15) is 0 Å². The molecule has 0 saturated carbocycles. The molecular weight excluding hydrogens is 452 g/mol. The summed E-state index contributed by atoms with van der Waals surface area (Å²) in [4.78, 5) is 0. The van der Waals surface area contributed by atoms with Gasteiger partial charge in [-0.1, -0.05) is 97.1 Å². The fraction of sp³-hybridized carbons (Fsp3) is 0.355. The maximum absolute atomic E-state index is 6.57. The molecule has 3 aromatic carbocycles. The van der Waals surface area contributed by atoms with Crippen LogP contribution in [0.3, 0.4) is 0 Å². The first-order valence-corrected chi connectivity index (χ1v) is 12.5. The second-order valence-corrected chi connectivity index (χ2v) is 8.99. The van der Waals surface area contributed by atoms with Crippen molar-refractivity contribution in [3.63, 3.8) is 0 Å². The van der Waals surface area contributed by atoms with E-state index in [1.54, 1.807) is 7.11 Å². The molecule has 3 aromatic rings. The highest BCUT2D eigenvalue weighted by molar-refractivity contribution is 5.15. The van der Waals surface area contributed by atoms with E-state index in [4.69, 9.17) is 23.7 Å². The lowest BCUT2D eigenvalue weighted by Crippen LogP contribution is -2.58. The molecule has 0 N–H and O–H groups in total. The van der Waals surface area contributed by atoms with Crippen molar-refractivity contribution in [1.29, 1.82) is 0 Å². The summed E-state index contributed by atoms with van der Waals surface area (Å²) in [7, 11) is 1.65. The van der Waals surface area contributed by atoms with Crippen LogP contribution in [0, 0.1) is 5.92 Å². The molecule has 0 amide bonds. The molecule has 1 saturated heterocycles. The van der Waals surface area contributed by atoms with Gasteiger partial charge in [0, 0.05) is 13.0 Å². The first-order valence-electron chi connectivity index (χ1n) is 12.5. The highest BCUT2D eigenvalue weighted by Crippen LogP contribution is 2.34. The molecule has 1 heterocycles. The number of allylic oxidation sites excluding steroid dienone is 1. The van der Waals surface area contributed by atoms with Crippen molar-refractivity contribution >= 4 is 0 Å². The molecule has 1 aliphatic heterocycles. The van der Waals surface area contributed by atoms with Gasteiger partial charge in [0.25, 0.3) is 0 Å². The Morgan fingerprint density at radius 1 is 0.722 bits per heavy atom. The van der Waals surface area contributed by atoms with Gasteiger partial charge in [-0.05, 0) is 23.1 Å². The average Bonchev–Trinajstić information content (AvgIpc) is 2.93. The lowest BCUT2D eigenvalue weighted by molar-refractivity contribution is -0.305. The molecule has 0 unspecified atom stereocenters. The van der Waals surface area contributed by atoms with E-state index in [2.05, 4.69) is 30.8 Å². The van der Waals surface area contributed by atoms with E-state index in [0.29, 0.717) is 32.8 Å². The fourth-order valence-corrected chi connectivity index (χ4v) is 4.58. The molecule has 0 radical (unpaired) electrons. The third-order valence-corrected chi connectivity index (χ3v) is 6.44. The second kappa shape index (κ2) is 14.1. The summed E-state index contributed by atoms with van der Waals surface area (Å²) in [5, 5.41) is 0. The number of ether oxygens (including phenoxy) is 5. The quantitative estimate of drug-likeness (QED) is 0.279. The van der Waals surface area contributed by atoms with E-state index in [0.717, 1.165) is 16.7 Å². The largest absolute Gasteiger partial charge is 0.374 e. The molecule has 5 atom stereocenters. The van der Waals surface area contributed by atoms with Crippen molar-refractivity contribution in [2.45, 2.75) is 50.8 Å². The average molecular weight is 489 g/mol. The zero-order valence-corrected chi connectivity index (χ0v) is 20.9. The Hall–Kier alpha value is -2.80. The lowest BCUT2D eigenvalue weighted by atomic mass is 9.86. The van der Waals surface area contributed by atoms with Crippen molar-refractivity contribution in [3.05, 3.63) is 120 Å². The van der Waals surface area contributed by atoms with Gasteiger partial charge in [-0.3, -0.25) is 0 Å². The van der Waals surface area contributed by atoms with Gasteiger partial charge in [0.1, 0.15) is 6.10 Å². The van der Waals surface area contributed by atoms with Gasteiger partial charge in [-0.25, -0.2) is 0 Å². The van der Waals surface area contributed by atoms with Crippen LogP contribution >= 0.6 is 0 Å². The topological polar surface area (TPSA) is 46.2 Å². The fourth-order valence-electron chi connectivity index (χ4n) is 4.58. The molecule has 0 bridgehead atoms. The lowest BCUT2D eigenvalue weighted by Gasteiger charge is -2.45. The number of hydrogen-bond donors (Lipinski definition) is 0. The molecular formula is C31H36O5. The van der Waals surface area contributed by atoms with E-state index in [1.165, 1.54) is 0 Å². The Morgan fingerprint density at radius 3 is 1.72 bits per heavy atom. The summed E-state index contributed by atoms with van der Waals surface area (Å²) in [6.07, 6.45) is 1.14. The van der Waals surface area contributed by atoms with Crippen LogP contribution in [0.5, 0.6) is 0 Å². The van der Waals surface area contributed by atoms with Crippen LogP contribution in [0.15, 0.2) is 104 Å². The van der Waals surface area contributed by atoms with Crippen LogP contribution in [-0.4, -0.2) is 38.3 Å². The first kappa shape index (κ1) is 26.3. The van der Waals surface area contributed by atoms with Gasteiger partial charge in [0.05, 0.1) is 38.6 Å². The first-order chi connectivity index (χ1) is 17.8. The maximum atomic E-state index is 6.57. The van der Waals surface area contributed by atoms with Crippen LogP contribution in [0.1, 0.15) is 23.1 Å². The highest BCUT2D eigenvalue weighted by Gasteiger charge is 2.47. The van der Waals surface area contributed by atoms with Crippen LogP contribution in [-0.2, 0) is 43.5 Å². The minimum atomic E-state index is -0.583. The van der Waals surface area contributed by atoms with Crippen molar-refractivity contribution < 1.29 is 23.7 Å². The standard InChI is InChI=1S/C31H36O5/c1-3-13-27-28(23-33-20-24-14-7-4-8-15-24)36-31(32-2)30(35-22-26-18-11-6-12-19-26)29(27)34-21-25-16-9-5-10-17-25/h3-12,14-19,27-31H,1,13,20-23H2,2H3/t27-,28-,29+,30+,31+/m1/s1. The van der Waals surface area contributed by atoms with E-state index < -0.39 is 12.4 Å². The zero-order chi connectivity index (χ0) is 25.0. The van der Waals surface area contributed by atoms with Crippen molar-refractivity contribution in [2.75, 3.05) is 13.7 Å². The molecule has 36 heavy (non-hydrogen) atoms. The van der Waals surface area contributed by atoms with Crippen molar-refractivity contribution in [1.82, 2.24) is 0 Å². The molecule has 190 valence electrons. The summed E-state index contributed by atoms with van der Waals surface area (Å²) in [6, 6.07) is 30.4. The third-order valence-electron chi connectivity index (χ3n) is 6.44. The highest BCUT2D eigenvalue weighted by atomic mass is 16.7. The Morgan fingerprint density at radius 2 is 1.22 bits per heavy atom. The molecule has 4 rings (SSSR count). The van der Waals surface area contributed by atoms with E-state index in [9.17, 15) is 0 Å². The number of methoxy groups -OCH3 is 1. The summed E-state index contributed by atoms with van der Waals surface area (Å²) in [5.41, 5.74) is 3.31. The van der Waals surface area contributed by atoms with Gasteiger partial charge in [-0.15, -0.1) is 6.58 Å². The Kier molecular flexibility index (Phi) is 10.3. The zero-order valence-electron chi connectivity index (χ0n) is 20.9. The molecule has 1 fully saturated rings. The number of benzene rings is 3. The minimum absolute atomic E-state index is 0.00541. The molecule has 5 heteroatoms. The maximum Gasteiger partial charge on any atom is 0.186 e. The van der Waals surface area contributed by atoms with E-state index in [1.807, 2.05) is 72.8 Å².